The Labute approximate surface area is 109 Å². The number of carbonyl (C=O) groups is 1. The number of fused-ring (bicyclic) bond motifs is 2. The van der Waals surface area contributed by atoms with Crippen molar-refractivity contribution in [2.24, 2.45) is 29.1 Å². The number of aliphatic hydroxyl groups excluding tert-OH is 2. The quantitative estimate of drug-likeness (QED) is 0.753. The Morgan fingerprint density at radius 2 is 2.11 bits per heavy atom. The largest absolute Gasteiger partial charge is 0.396 e. The van der Waals surface area contributed by atoms with E-state index in [1.807, 2.05) is 6.92 Å². The zero-order chi connectivity index (χ0) is 13.7. The highest BCUT2D eigenvalue weighted by Gasteiger charge is 2.57. The van der Waals surface area contributed by atoms with Crippen LogP contribution in [0.15, 0.2) is 11.1 Å². The van der Waals surface area contributed by atoms with Gasteiger partial charge in [-0.25, -0.2) is 0 Å². The van der Waals surface area contributed by atoms with Crippen molar-refractivity contribution in [3.8, 4) is 0 Å². The summed E-state index contributed by atoms with van der Waals surface area (Å²) in [5.41, 5.74) is 1.68. The summed E-state index contributed by atoms with van der Waals surface area (Å²) in [6, 6.07) is 0. The Hall–Kier alpha value is -0.670. The molecule has 0 spiro atoms. The van der Waals surface area contributed by atoms with Gasteiger partial charge in [0.25, 0.3) is 0 Å². The van der Waals surface area contributed by atoms with Crippen molar-refractivity contribution >= 4 is 6.29 Å². The van der Waals surface area contributed by atoms with Gasteiger partial charge in [-0.3, -0.25) is 4.79 Å². The molecule has 0 amide bonds. The average molecular weight is 252 g/mol. The van der Waals surface area contributed by atoms with Crippen molar-refractivity contribution in [1.29, 1.82) is 0 Å². The van der Waals surface area contributed by atoms with Crippen LogP contribution in [0.1, 0.15) is 34.1 Å². The van der Waals surface area contributed by atoms with E-state index in [1.165, 1.54) is 0 Å². The molecule has 0 aromatic carbocycles. The lowest BCUT2D eigenvalue weighted by Crippen LogP contribution is -2.48. The number of carbonyl (C=O) groups excluding carboxylic acids is 1. The van der Waals surface area contributed by atoms with Crippen LogP contribution in [-0.2, 0) is 4.79 Å². The highest BCUT2D eigenvalue weighted by Crippen LogP contribution is 2.60. The Bertz CT molecular complexity index is 385. The predicted octanol–water partition coefficient (Wildman–Crippen LogP) is 1.78. The lowest BCUT2D eigenvalue weighted by Gasteiger charge is -2.47. The molecule has 3 heteroatoms. The summed E-state index contributed by atoms with van der Waals surface area (Å²) in [5.74, 6) is 0.479. The molecule has 18 heavy (non-hydrogen) atoms. The van der Waals surface area contributed by atoms with Crippen LogP contribution in [0, 0.1) is 29.1 Å². The number of aldehydes is 1. The third kappa shape index (κ3) is 1.60. The molecule has 1 saturated carbocycles. The summed E-state index contributed by atoms with van der Waals surface area (Å²) < 4.78 is 0. The van der Waals surface area contributed by atoms with Gasteiger partial charge in [0.05, 0.1) is 6.10 Å². The molecule has 2 N–H and O–H groups in total. The van der Waals surface area contributed by atoms with E-state index in [0.717, 1.165) is 17.4 Å². The van der Waals surface area contributed by atoms with Gasteiger partial charge in [-0.1, -0.05) is 26.3 Å². The number of rotatable bonds is 3. The van der Waals surface area contributed by atoms with Gasteiger partial charge in [-0.2, -0.15) is 0 Å². The van der Waals surface area contributed by atoms with Crippen LogP contribution >= 0.6 is 0 Å². The summed E-state index contributed by atoms with van der Waals surface area (Å²) in [4.78, 5) is 11.4. The first-order chi connectivity index (χ1) is 8.38. The second kappa shape index (κ2) is 4.46. The molecule has 2 aliphatic rings. The SMILES string of the molecule is CC1=C(C=O)[C@@H]2C(CO)[C@@]1(C)C[C@@H](O)[C@@H]2C(C)C. The summed E-state index contributed by atoms with van der Waals surface area (Å²) in [6.45, 7) is 8.32. The van der Waals surface area contributed by atoms with Crippen molar-refractivity contribution in [2.45, 2.75) is 40.2 Å². The van der Waals surface area contributed by atoms with Crippen molar-refractivity contribution in [1.82, 2.24) is 0 Å². The Kier molecular flexibility index (Phi) is 3.41. The lowest BCUT2D eigenvalue weighted by atomic mass is 9.58. The fourth-order valence-corrected chi connectivity index (χ4v) is 4.40. The first-order valence-electron chi connectivity index (χ1n) is 6.83. The molecule has 5 atom stereocenters. The number of hydrogen-bond donors (Lipinski definition) is 2. The molecule has 1 unspecified atom stereocenters. The lowest BCUT2D eigenvalue weighted by molar-refractivity contribution is -0.107. The molecule has 0 aromatic heterocycles. The normalized spacial score (nSPS) is 43.7. The standard InChI is InChI=1S/C15H24O3/c1-8(2)13-12(18)5-15(4)9(3)10(6-16)14(13)11(15)7-17/h6,8,11-14,17-18H,5,7H2,1-4H3/t11?,12-,13+,14-,15+/m1/s1. The summed E-state index contributed by atoms with van der Waals surface area (Å²) in [6.07, 6.45) is 1.22. The minimum atomic E-state index is -0.379. The molecule has 1 fully saturated rings. The van der Waals surface area contributed by atoms with E-state index >= 15 is 0 Å². The van der Waals surface area contributed by atoms with E-state index in [-0.39, 0.29) is 35.9 Å². The van der Waals surface area contributed by atoms with Crippen LogP contribution in [0.2, 0.25) is 0 Å². The highest BCUT2D eigenvalue weighted by atomic mass is 16.3. The zero-order valence-corrected chi connectivity index (χ0v) is 11.7. The van der Waals surface area contributed by atoms with Gasteiger partial charge >= 0.3 is 0 Å². The number of hydrogen-bond acceptors (Lipinski definition) is 3. The molecule has 0 aromatic rings. The van der Waals surface area contributed by atoms with Gasteiger partial charge in [-0.05, 0) is 48.0 Å². The first-order valence-corrected chi connectivity index (χ1v) is 6.83. The van der Waals surface area contributed by atoms with E-state index in [0.29, 0.717) is 12.3 Å². The van der Waals surface area contributed by atoms with E-state index in [4.69, 9.17) is 0 Å². The molecule has 0 aliphatic heterocycles. The maximum atomic E-state index is 11.4. The molecular formula is C15H24O3. The van der Waals surface area contributed by atoms with Crippen molar-refractivity contribution in [3.63, 3.8) is 0 Å². The van der Waals surface area contributed by atoms with Crippen LogP contribution in [0.4, 0.5) is 0 Å². The van der Waals surface area contributed by atoms with Gasteiger partial charge in [0.1, 0.15) is 6.29 Å². The summed E-state index contributed by atoms with van der Waals surface area (Å²) in [5, 5.41) is 20.1. The van der Waals surface area contributed by atoms with E-state index in [2.05, 4.69) is 20.8 Å². The van der Waals surface area contributed by atoms with E-state index in [9.17, 15) is 15.0 Å². The topological polar surface area (TPSA) is 57.5 Å². The first kappa shape index (κ1) is 13.8. The van der Waals surface area contributed by atoms with Gasteiger partial charge in [-0.15, -0.1) is 0 Å². The third-order valence-electron chi connectivity index (χ3n) is 5.49. The maximum absolute atomic E-state index is 11.4. The van der Waals surface area contributed by atoms with Crippen LogP contribution in [0.5, 0.6) is 0 Å². The van der Waals surface area contributed by atoms with E-state index in [1.54, 1.807) is 0 Å². The predicted molar refractivity (Wildman–Crippen MR) is 69.9 cm³/mol. The Morgan fingerprint density at radius 1 is 1.50 bits per heavy atom. The molecule has 2 aliphatic carbocycles. The summed E-state index contributed by atoms with van der Waals surface area (Å²) in [7, 11) is 0. The minimum Gasteiger partial charge on any atom is -0.396 e. The molecule has 0 saturated heterocycles. The zero-order valence-electron chi connectivity index (χ0n) is 11.7. The van der Waals surface area contributed by atoms with Crippen LogP contribution < -0.4 is 0 Å². The van der Waals surface area contributed by atoms with Gasteiger partial charge in [0.2, 0.25) is 0 Å². The second-order valence-electron chi connectivity index (χ2n) is 6.52. The number of aliphatic hydroxyl groups is 2. The van der Waals surface area contributed by atoms with E-state index < -0.39 is 0 Å². The molecular weight excluding hydrogens is 228 g/mol. The minimum absolute atomic E-state index is 0.0150. The Morgan fingerprint density at radius 3 is 2.56 bits per heavy atom. The van der Waals surface area contributed by atoms with Crippen LogP contribution in [0.3, 0.4) is 0 Å². The van der Waals surface area contributed by atoms with Crippen molar-refractivity contribution in [2.75, 3.05) is 6.61 Å². The second-order valence-corrected chi connectivity index (χ2v) is 6.52. The fraction of sp³-hybridized carbons (Fsp3) is 0.800. The molecule has 102 valence electrons. The fourth-order valence-electron chi connectivity index (χ4n) is 4.40. The number of allylic oxidation sites excluding steroid dienone is 2. The maximum Gasteiger partial charge on any atom is 0.146 e. The third-order valence-corrected chi connectivity index (χ3v) is 5.49. The highest BCUT2D eigenvalue weighted by molar-refractivity contribution is 5.78. The summed E-state index contributed by atoms with van der Waals surface area (Å²) >= 11 is 0. The molecule has 0 heterocycles. The van der Waals surface area contributed by atoms with Crippen molar-refractivity contribution < 1.29 is 15.0 Å². The average Bonchev–Trinajstić information content (AvgIpc) is 2.42. The van der Waals surface area contributed by atoms with Gasteiger partial charge in [0.15, 0.2) is 0 Å². The van der Waals surface area contributed by atoms with Gasteiger partial charge in [0, 0.05) is 6.61 Å². The molecule has 0 radical (unpaired) electrons. The van der Waals surface area contributed by atoms with Crippen LogP contribution in [-0.4, -0.2) is 29.2 Å². The smallest absolute Gasteiger partial charge is 0.146 e. The Balaban J connectivity index is 2.53. The monoisotopic (exact) mass is 252 g/mol. The van der Waals surface area contributed by atoms with Crippen LogP contribution in [0.25, 0.3) is 0 Å². The molecule has 2 rings (SSSR count). The van der Waals surface area contributed by atoms with Gasteiger partial charge < -0.3 is 10.2 Å². The van der Waals surface area contributed by atoms with Crippen molar-refractivity contribution in [3.05, 3.63) is 11.1 Å². The molecule has 2 bridgehead atoms. The molecule has 3 nitrogen and oxygen atoms in total.